The van der Waals surface area contributed by atoms with E-state index in [9.17, 15) is 9.59 Å². The number of carbonyl (C=O) groups is 2. The van der Waals surface area contributed by atoms with Crippen molar-refractivity contribution in [2.45, 2.75) is 25.3 Å². The van der Waals surface area contributed by atoms with E-state index < -0.39 is 5.97 Å². The second-order valence-electron chi connectivity index (χ2n) is 6.94. The molecule has 2 aromatic heterocycles. The summed E-state index contributed by atoms with van der Waals surface area (Å²) in [4.78, 5) is 29.7. The molecule has 1 aliphatic rings. The predicted molar refractivity (Wildman–Crippen MR) is 101 cm³/mol. The van der Waals surface area contributed by atoms with E-state index in [4.69, 9.17) is 5.11 Å². The third-order valence-electron chi connectivity index (χ3n) is 5.00. The first-order valence-electron chi connectivity index (χ1n) is 9.23. The van der Waals surface area contributed by atoms with Gasteiger partial charge in [-0.05, 0) is 43.2 Å². The third-order valence-corrected chi connectivity index (χ3v) is 5.00. The zero-order chi connectivity index (χ0) is 19.5. The number of benzene rings is 1. The van der Waals surface area contributed by atoms with Gasteiger partial charge in [-0.1, -0.05) is 0 Å². The number of likely N-dealkylation sites (tertiary alicyclic amines) is 1. The molecular weight excluding hydrogens is 358 g/mol. The Bertz CT molecular complexity index is 962. The van der Waals surface area contributed by atoms with Crippen molar-refractivity contribution in [1.29, 1.82) is 0 Å². The molecule has 1 aliphatic heterocycles. The maximum Gasteiger partial charge on any atom is 0.325 e. The SMILES string of the molecule is O=C(O)Cn1ccc([C@@H]2CCCN(C(=O)c3ccc(-n4ccnc4)cc3)C2)n1. The largest absolute Gasteiger partial charge is 0.480 e. The average Bonchev–Trinajstić information content (AvgIpc) is 3.39. The Hall–Kier alpha value is -3.42. The van der Waals surface area contributed by atoms with Crippen molar-refractivity contribution >= 4 is 11.9 Å². The topological polar surface area (TPSA) is 93.2 Å². The number of aromatic nitrogens is 4. The zero-order valence-corrected chi connectivity index (χ0v) is 15.3. The number of amides is 1. The Balaban J connectivity index is 1.44. The van der Waals surface area contributed by atoms with Crippen LogP contribution in [-0.2, 0) is 11.3 Å². The summed E-state index contributed by atoms with van der Waals surface area (Å²) in [5.74, 6) is -0.793. The second-order valence-corrected chi connectivity index (χ2v) is 6.94. The smallest absolute Gasteiger partial charge is 0.325 e. The van der Waals surface area contributed by atoms with E-state index in [0.29, 0.717) is 18.7 Å². The van der Waals surface area contributed by atoms with Gasteiger partial charge in [0.05, 0.1) is 12.0 Å². The van der Waals surface area contributed by atoms with Gasteiger partial charge in [0.2, 0.25) is 0 Å². The van der Waals surface area contributed by atoms with Crippen LogP contribution in [0.4, 0.5) is 0 Å². The Morgan fingerprint density at radius 2 is 1.96 bits per heavy atom. The highest BCUT2D eigenvalue weighted by atomic mass is 16.4. The molecule has 4 rings (SSSR count). The molecule has 28 heavy (non-hydrogen) atoms. The minimum Gasteiger partial charge on any atom is -0.480 e. The van der Waals surface area contributed by atoms with E-state index in [2.05, 4.69) is 10.1 Å². The quantitative estimate of drug-likeness (QED) is 0.733. The number of nitrogens with zero attached hydrogens (tertiary/aromatic N) is 5. The molecule has 0 bridgehead atoms. The average molecular weight is 379 g/mol. The first-order valence-corrected chi connectivity index (χ1v) is 9.23. The van der Waals surface area contributed by atoms with Crippen LogP contribution >= 0.6 is 0 Å². The molecule has 0 spiro atoms. The van der Waals surface area contributed by atoms with Gasteiger partial charge in [-0.3, -0.25) is 14.3 Å². The molecule has 0 unspecified atom stereocenters. The predicted octanol–water partition coefficient (Wildman–Crippen LogP) is 2.17. The number of hydrogen-bond acceptors (Lipinski definition) is 4. The summed E-state index contributed by atoms with van der Waals surface area (Å²) in [7, 11) is 0. The first-order chi connectivity index (χ1) is 13.6. The molecule has 0 aliphatic carbocycles. The lowest BCUT2D eigenvalue weighted by Gasteiger charge is -2.32. The van der Waals surface area contributed by atoms with E-state index in [1.165, 1.54) is 4.68 Å². The first kappa shape index (κ1) is 18.0. The van der Waals surface area contributed by atoms with Gasteiger partial charge in [0.15, 0.2) is 0 Å². The summed E-state index contributed by atoms with van der Waals surface area (Å²) < 4.78 is 3.31. The fourth-order valence-electron chi connectivity index (χ4n) is 3.60. The van der Waals surface area contributed by atoms with Crippen molar-refractivity contribution in [3.8, 4) is 5.69 Å². The molecule has 3 aromatic rings. The summed E-state index contributed by atoms with van der Waals surface area (Å²) in [6.45, 7) is 1.15. The van der Waals surface area contributed by atoms with Gasteiger partial charge in [-0.15, -0.1) is 0 Å². The van der Waals surface area contributed by atoms with Crippen LogP contribution in [0.3, 0.4) is 0 Å². The van der Waals surface area contributed by atoms with Gasteiger partial charge in [-0.2, -0.15) is 5.10 Å². The molecule has 8 nitrogen and oxygen atoms in total. The minimum atomic E-state index is -0.922. The highest BCUT2D eigenvalue weighted by Gasteiger charge is 2.27. The van der Waals surface area contributed by atoms with Gasteiger partial charge in [0, 0.05) is 48.8 Å². The fraction of sp³-hybridized carbons (Fsp3) is 0.300. The van der Waals surface area contributed by atoms with E-state index in [0.717, 1.165) is 24.2 Å². The number of rotatable bonds is 5. The Kier molecular flexibility index (Phi) is 4.92. The number of carboxylic acid groups (broad SMARTS) is 1. The van der Waals surface area contributed by atoms with Crippen molar-refractivity contribution in [2.75, 3.05) is 13.1 Å². The molecule has 0 radical (unpaired) electrons. The molecule has 1 N–H and O–H groups in total. The zero-order valence-electron chi connectivity index (χ0n) is 15.3. The maximum atomic E-state index is 12.9. The molecule has 1 atom stereocenters. The summed E-state index contributed by atoms with van der Waals surface area (Å²) in [6, 6.07) is 9.33. The van der Waals surface area contributed by atoms with Crippen LogP contribution in [0.25, 0.3) is 5.69 Å². The van der Waals surface area contributed by atoms with Gasteiger partial charge in [0.1, 0.15) is 6.54 Å². The number of carbonyl (C=O) groups excluding carboxylic acids is 1. The highest BCUT2D eigenvalue weighted by Crippen LogP contribution is 2.26. The monoisotopic (exact) mass is 379 g/mol. The van der Waals surface area contributed by atoms with Crippen LogP contribution in [0.1, 0.15) is 34.8 Å². The van der Waals surface area contributed by atoms with Crippen LogP contribution in [0.15, 0.2) is 55.2 Å². The normalized spacial score (nSPS) is 16.9. The molecule has 1 fully saturated rings. The van der Waals surface area contributed by atoms with E-state index in [-0.39, 0.29) is 18.4 Å². The van der Waals surface area contributed by atoms with Crippen molar-refractivity contribution < 1.29 is 14.7 Å². The van der Waals surface area contributed by atoms with Crippen LogP contribution in [0.5, 0.6) is 0 Å². The number of carboxylic acids is 1. The molecule has 144 valence electrons. The molecule has 0 saturated carbocycles. The molecule has 8 heteroatoms. The fourth-order valence-corrected chi connectivity index (χ4v) is 3.60. The van der Waals surface area contributed by atoms with Crippen LogP contribution in [0.2, 0.25) is 0 Å². The van der Waals surface area contributed by atoms with Gasteiger partial charge in [-0.25, -0.2) is 4.98 Å². The van der Waals surface area contributed by atoms with Gasteiger partial charge in [0.25, 0.3) is 5.91 Å². The molecule has 1 saturated heterocycles. The van der Waals surface area contributed by atoms with E-state index >= 15 is 0 Å². The number of imidazole rings is 1. The van der Waals surface area contributed by atoms with Crippen molar-refractivity contribution in [1.82, 2.24) is 24.2 Å². The van der Waals surface area contributed by atoms with E-state index in [1.54, 1.807) is 18.7 Å². The number of aliphatic carboxylic acids is 1. The lowest BCUT2D eigenvalue weighted by molar-refractivity contribution is -0.137. The van der Waals surface area contributed by atoms with Crippen molar-refractivity contribution in [3.63, 3.8) is 0 Å². The summed E-state index contributed by atoms with van der Waals surface area (Å²) in [6.07, 6.45) is 8.80. The lowest BCUT2D eigenvalue weighted by Crippen LogP contribution is -2.39. The van der Waals surface area contributed by atoms with Crippen LogP contribution in [-0.4, -0.2) is 54.3 Å². The minimum absolute atomic E-state index is 0.00634. The third kappa shape index (κ3) is 3.80. The van der Waals surface area contributed by atoms with Gasteiger partial charge >= 0.3 is 5.97 Å². The van der Waals surface area contributed by atoms with Crippen LogP contribution < -0.4 is 0 Å². The Morgan fingerprint density at radius 1 is 1.14 bits per heavy atom. The Labute approximate surface area is 162 Å². The van der Waals surface area contributed by atoms with Crippen molar-refractivity contribution in [2.24, 2.45) is 0 Å². The van der Waals surface area contributed by atoms with Crippen LogP contribution in [0, 0.1) is 0 Å². The second kappa shape index (κ2) is 7.67. The summed E-state index contributed by atoms with van der Waals surface area (Å²) >= 11 is 0. The molecule has 1 aromatic carbocycles. The summed E-state index contributed by atoms with van der Waals surface area (Å²) in [5, 5.41) is 13.3. The highest BCUT2D eigenvalue weighted by molar-refractivity contribution is 5.94. The van der Waals surface area contributed by atoms with Crippen molar-refractivity contribution in [3.05, 3.63) is 66.5 Å². The van der Waals surface area contributed by atoms with Gasteiger partial charge < -0.3 is 14.6 Å². The Morgan fingerprint density at radius 3 is 2.68 bits per heavy atom. The lowest BCUT2D eigenvalue weighted by atomic mass is 9.94. The number of piperidine rings is 1. The number of hydrogen-bond donors (Lipinski definition) is 1. The maximum absolute atomic E-state index is 12.9. The molecule has 1 amide bonds. The standard InChI is InChI=1S/C20H21N5O3/c26-19(27)13-25-10-7-18(22-25)16-2-1-9-23(12-16)20(28)15-3-5-17(6-4-15)24-11-8-21-14-24/h3-8,10-11,14,16H,1-2,9,12-13H2,(H,26,27)/t16-/m1/s1. The van der Waals surface area contributed by atoms with E-state index in [1.807, 2.05) is 46.0 Å². The summed E-state index contributed by atoms with van der Waals surface area (Å²) in [5.41, 5.74) is 2.45. The molecule has 3 heterocycles. The molecular formula is C20H21N5O3.